The van der Waals surface area contributed by atoms with E-state index in [4.69, 9.17) is 9.47 Å². The Hall–Kier alpha value is -2.01. The topological polar surface area (TPSA) is 47.6 Å². The summed E-state index contributed by atoms with van der Waals surface area (Å²) in [6.07, 6.45) is 0. The van der Waals surface area contributed by atoms with E-state index >= 15 is 0 Å². The molecule has 0 spiro atoms. The zero-order valence-electron chi connectivity index (χ0n) is 13.3. The van der Waals surface area contributed by atoms with Gasteiger partial charge in [0.15, 0.2) is 6.61 Å². The fourth-order valence-corrected chi connectivity index (χ4v) is 2.27. The summed E-state index contributed by atoms with van der Waals surface area (Å²) in [5.74, 6) is 1.33. The number of halogens is 1. The van der Waals surface area contributed by atoms with Crippen molar-refractivity contribution in [2.75, 3.05) is 13.2 Å². The van der Waals surface area contributed by atoms with E-state index < -0.39 is 0 Å². The van der Waals surface area contributed by atoms with Gasteiger partial charge in [0.25, 0.3) is 5.91 Å². The Balaban J connectivity index is 1.80. The largest absolute Gasteiger partial charge is 0.494 e. The molecule has 0 aliphatic carbocycles. The molecule has 0 aliphatic heterocycles. The van der Waals surface area contributed by atoms with E-state index in [0.717, 1.165) is 21.3 Å². The van der Waals surface area contributed by atoms with Crippen molar-refractivity contribution in [3.8, 4) is 11.5 Å². The molecule has 2 aromatic rings. The average Bonchev–Trinajstić information content (AvgIpc) is 2.55. The first-order valence-corrected chi connectivity index (χ1v) is 8.25. The molecule has 4 nitrogen and oxygen atoms in total. The zero-order valence-corrected chi connectivity index (χ0v) is 14.9. The summed E-state index contributed by atoms with van der Waals surface area (Å²) in [6, 6.07) is 13.3. The Morgan fingerprint density at radius 1 is 1.13 bits per heavy atom. The van der Waals surface area contributed by atoms with Crippen LogP contribution in [-0.2, 0) is 11.3 Å². The lowest BCUT2D eigenvalue weighted by atomic mass is 10.2. The number of nitrogens with one attached hydrogen (secondary N) is 1. The van der Waals surface area contributed by atoms with Crippen LogP contribution >= 0.6 is 15.9 Å². The van der Waals surface area contributed by atoms with Crippen LogP contribution in [0.2, 0.25) is 0 Å². The van der Waals surface area contributed by atoms with Gasteiger partial charge in [-0.1, -0.05) is 28.1 Å². The molecule has 0 radical (unpaired) electrons. The SMILES string of the molecule is CCOc1cccc(CNC(=O)COc2ccc(Br)c(C)c2)c1. The molecule has 0 heterocycles. The maximum absolute atomic E-state index is 11.9. The minimum absolute atomic E-state index is 0.00772. The maximum Gasteiger partial charge on any atom is 0.258 e. The number of hydrogen-bond donors (Lipinski definition) is 1. The van der Waals surface area contributed by atoms with Crippen molar-refractivity contribution >= 4 is 21.8 Å². The molecule has 1 N–H and O–H groups in total. The standard InChI is InChI=1S/C18H20BrNO3/c1-3-22-15-6-4-5-14(10-15)11-20-18(21)12-23-16-7-8-17(19)13(2)9-16/h4-10H,3,11-12H2,1-2H3,(H,20,21). The molecular formula is C18H20BrNO3. The highest BCUT2D eigenvalue weighted by atomic mass is 79.9. The van der Waals surface area contributed by atoms with E-state index in [-0.39, 0.29) is 12.5 Å². The molecule has 5 heteroatoms. The van der Waals surface area contributed by atoms with E-state index in [0.29, 0.717) is 18.9 Å². The minimum atomic E-state index is -0.160. The quantitative estimate of drug-likeness (QED) is 0.796. The first-order valence-electron chi connectivity index (χ1n) is 7.46. The normalized spacial score (nSPS) is 10.2. The maximum atomic E-state index is 11.9. The van der Waals surface area contributed by atoms with Gasteiger partial charge in [-0.15, -0.1) is 0 Å². The van der Waals surface area contributed by atoms with Gasteiger partial charge in [0.1, 0.15) is 11.5 Å². The molecule has 0 aliphatic rings. The summed E-state index contributed by atoms with van der Waals surface area (Å²) in [7, 11) is 0. The molecule has 2 aromatic carbocycles. The van der Waals surface area contributed by atoms with Crippen LogP contribution < -0.4 is 14.8 Å². The Morgan fingerprint density at radius 2 is 1.91 bits per heavy atom. The van der Waals surface area contributed by atoms with E-state index in [1.807, 2.05) is 56.3 Å². The summed E-state index contributed by atoms with van der Waals surface area (Å²) in [5, 5.41) is 2.84. The fourth-order valence-electron chi connectivity index (χ4n) is 2.02. The Morgan fingerprint density at radius 3 is 2.65 bits per heavy atom. The number of aryl methyl sites for hydroxylation is 1. The number of ether oxygens (including phenoxy) is 2. The van der Waals surface area contributed by atoms with E-state index in [1.165, 1.54) is 0 Å². The number of carbonyl (C=O) groups is 1. The number of hydrogen-bond acceptors (Lipinski definition) is 3. The minimum Gasteiger partial charge on any atom is -0.494 e. The zero-order chi connectivity index (χ0) is 16.7. The molecule has 0 atom stereocenters. The summed E-state index contributed by atoms with van der Waals surface area (Å²) >= 11 is 3.43. The van der Waals surface area contributed by atoms with Crippen molar-refractivity contribution < 1.29 is 14.3 Å². The van der Waals surface area contributed by atoms with Crippen LogP contribution in [0.5, 0.6) is 11.5 Å². The van der Waals surface area contributed by atoms with Crippen molar-refractivity contribution in [1.82, 2.24) is 5.32 Å². The third kappa shape index (κ3) is 5.60. The smallest absolute Gasteiger partial charge is 0.258 e. The molecule has 0 bridgehead atoms. The lowest BCUT2D eigenvalue weighted by Crippen LogP contribution is -2.28. The predicted octanol–water partition coefficient (Wildman–Crippen LogP) is 3.85. The molecule has 23 heavy (non-hydrogen) atoms. The van der Waals surface area contributed by atoms with Crippen molar-refractivity contribution in [2.45, 2.75) is 20.4 Å². The molecule has 0 fully saturated rings. The third-order valence-corrected chi connectivity index (χ3v) is 4.09. The van der Waals surface area contributed by atoms with Crippen LogP contribution in [-0.4, -0.2) is 19.1 Å². The van der Waals surface area contributed by atoms with Crippen LogP contribution in [0.4, 0.5) is 0 Å². The molecule has 0 aromatic heterocycles. The number of carbonyl (C=O) groups excluding carboxylic acids is 1. The molecule has 2 rings (SSSR count). The van der Waals surface area contributed by atoms with Crippen molar-refractivity contribution in [1.29, 1.82) is 0 Å². The predicted molar refractivity (Wildman–Crippen MR) is 93.8 cm³/mol. The van der Waals surface area contributed by atoms with Crippen LogP contribution in [0.3, 0.4) is 0 Å². The molecule has 0 saturated heterocycles. The summed E-state index contributed by atoms with van der Waals surface area (Å²) in [5.41, 5.74) is 2.06. The monoisotopic (exact) mass is 377 g/mol. The van der Waals surface area contributed by atoms with Crippen molar-refractivity contribution in [2.24, 2.45) is 0 Å². The van der Waals surface area contributed by atoms with E-state index in [9.17, 15) is 4.79 Å². The summed E-state index contributed by atoms with van der Waals surface area (Å²) in [4.78, 5) is 11.9. The van der Waals surface area contributed by atoms with Gasteiger partial charge < -0.3 is 14.8 Å². The summed E-state index contributed by atoms with van der Waals surface area (Å²) in [6.45, 7) is 4.98. The van der Waals surface area contributed by atoms with Crippen molar-refractivity contribution in [3.63, 3.8) is 0 Å². The van der Waals surface area contributed by atoms with Gasteiger partial charge in [-0.2, -0.15) is 0 Å². The van der Waals surface area contributed by atoms with Crippen molar-refractivity contribution in [3.05, 3.63) is 58.1 Å². The van der Waals surface area contributed by atoms with E-state index in [1.54, 1.807) is 0 Å². The Labute approximate surface area is 144 Å². The van der Waals surface area contributed by atoms with Gasteiger partial charge in [0.2, 0.25) is 0 Å². The second-order valence-corrected chi connectivity index (χ2v) is 5.91. The van der Waals surface area contributed by atoms with E-state index in [2.05, 4.69) is 21.2 Å². The molecule has 0 unspecified atom stereocenters. The molecule has 0 saturated carbocycles. The van der Waals surface area contributed by atoms with Crippen LogP contribution in [0.1, 0.15) is 18.1 Å². The van der Waals surface area contributed by atoms with Gasteiger partial charge in [-0.05, 0) is 55.3 Å². The molecule has 1 amide bonds. The summed E-state index contributed by atoms with van der Waals surface area (Å²) < 4.78 is 12.0. The highest BCUT2D eigenvalue weighted by molar-refractivity contribution is 9.10. The van der Waals surface area contributed by atoms with Gasteiger partial charge >= 0.3 is 0 Å². The Kier molecular flexibility index (Phi) is 6.47. The fraction of sp³-hybridized carbons (Fsp3) is 0.278. The highest BCUT2D eigenvalue weighted by Gasteiger charge is 2.05. The van der Waals surface area contributed by atoms with Crippen LogP contribution in [0, 0.1) is 6.92 Å². The first kappa shape index (κ1) is 17.3. The van der Waals surface area contributed by atoms with Gasteiger partial charge in [0, 0.05) is 11.0 Å². The Bertz CT molecular complexity index is 673. The van der Waals surface area contributed by atoms with Crippen LogP contribution in [0.15, 0.2) is 46.9 Å². The highest BCUT2D eigenvalue weighted by Crippen LogP contribution is 2.21. The molecular weight excluding hydrogens is 358 g/mol. The lowest BCUT2D eigenvalue weighted by molar-refractivity contribution is -0.123. The number of benzene rings is 2. The van der Waals surface area contributed by atoms with Gasteiger partial charge in [-0.25, -0.2) is 0 Å². The first-order chi connectivity index (χ1) is 11.1. The molecule has 122 valence electrons. The number of amides is 1. The third-order valence-electron chi connectivity index (χ3n) is 3.20. The number of rotatable bonds is 7. The van der Waals surface area contributed by atoms with Crippen LogP contribution in [0.25, 0.3) is 0 Å². The average molecular weight is 378 g/mol. The lowest BCUT2D eigenvalue weighted by Gasteiger charge is -2.09. The second kappa shape index (κ2) is 8.58. The van der Waals surface area contributed by atoms with Gasteiger partial charge in [-0.3, -0.25) is 4.79 Å². The second-order valence-electron chi connectivity index (χ2n) is 5.06. The van der Waals surface area contributed by atoms with Gasteiger partial charge in [0.05, 0.1) is 6.61 Å².